The first-order chi connectivity index (χ1) is 13.3. The Hall–Kier alpha value is -2.39. The van der Waals surface area contributed by atoms with Gasteiger partial charge in [0.25, 0.3) is 0 Å². The lowest BCUT2D eigenvalue weighted by molar-refractivity contribution is 0.245. The number of hydrogen-bond donors (Lipinski definition) is 0. The molecular formula is C19H20F2N4O2S. The van der Waals surface area contributed by atoms with Crippen molar-refractivity contribution in [2.45, 2.75) is 31.2 Å². The number of rotatable bonds is 4. The van der Waals surface area contributed by atoms with Crippen molar-refractivity contribution in [2.24, 2.45) is 5.92 Å². The molecule has 3 aromatic rings. The summed E-state index contributed by atoms with van der Waals surface area (Å²) >= 11 is 0. The van der Waals surface area contributed by atoms with E-state index < -0.39 is 21.7 Å². The van der Waals surface area contributed by atoms with E-state index in [2.05, 4.69) is 9.97 Å². The Bertz CT molecular complexity index is 1110. The molecule has 9 heteroatoms. The summed E-state index contributed by atoms with van der Waals surface area (Å²) in [6, 6.07) is 6.10. The van der Waals surface area contributed by atoms with Crippen LogP contribution in [0, 0.1) is 24.5 Å². The highest BCUT2D eigenvalue weighted by molar-refractivity contribution is 7.89. The molecule has 0 amide bonds. The Morgan fingerprint density at radius 2 is 1.96 bits per heavy atom. The lowest BCUT2D eigenvalue weighted by Gasteiger charge is -2.32. The first kappa shape index (κ1) is 18.9. The molecule has 1 aliphatic heterocycles. The van der Waals surface area contributed by atoms with E-state index in [0.29, 0.717) is 25.6 Å². The summed E-state index contributed by atoms with van der Waals surface area (Å²) in [7, 11) is -3.96. The van der Waals surface area contributed by atoms with Gasteiger partial charge >= 0.3 is 0 Å². The number of fused-ring (bicyclic) bond motifs is 1. The molecule has 1 aliphatic rings. The SMILES string of the molecule is Cc1nc2cccnc2n1C[C@H]1CCCN(S(=O)(=O)c2cc(F)cc(F)c2)C1. The molecule has 0 bridgehead atoms. The fourth-order valence-corrected chi connectivity index (χ4v) is 5.37. The molecule has 2 aromatic heterocycles. The maximum atomic E-state index is 13.5. The van der Waals surface area contributed by atoms with Crippen molar-refractivity contribution in [2.75, 3.05) is 13.1 Å². The van der Waals surface area contributed by atoms with Crippen LogP contribution in [0.1, 0.15) is 18.7 Å². The Balaban J connectivity index is 1.58. The Kier molecular flexibility index (Phi) is 4.88. The van der Waals surface area contributed by atoms with Gasteiger partial charge in [-0.2, -0.15) is 4.31 Å². The van der Waals surface area contributed by atoms with Crippen LogP contribution < -0.4 is 0 Å². The van der Waals surface area contributed by atoms with Crippen molar-refractivity contribution < 1.29 is 17.2 Å². The highest BCUT2D eigenvalue weighted by Crippen LogP contribution is 2.27. The molecule has 28 heavy (non-hydrogen) atoms. The van der Waals surface area contributed by atoms with E-state index >= 15 is 0 Å². The van der Waals surface area contributed by atoms with Crippen molar-refractivity contribution in [3.63, 3.8) is 0 Å². The minimum atomic E-state index is -3.96. The molecule has 0 N–H and O–H groups in total. The normalized spacial score (nSPS) is 18.6. The third-order valence-electron chi connectivity index (χ3n) is 5.09. The van der Waals surface area contributed by atoms with Gasteiger partial charge in [0.1, 0.15) is 23.0 Å². The van der Waals surface area contributed by atoms with Crippen LogP contribution in [0.25, 0.3) is 11.2 Å². The summed E-state index contributed by atoms with van der Waals surface area (Å²) in [5, 5.41) is 0. The van der Waals surface area contributed by atoms with E-state index in [1.807, 2.05) is 23.6 Å². The Labute approximate surface area is 161 Å². The maximum Gasteiger partial charge on any atom is 0.243 e. The predicted octanol–water partition coefficient (Wildman–Crippen LogP) is 3.12. The molecule has 0 saturated carbocycles. The van der Waals surface area contributed by atoms with E-state index in [4.69, 9.17) is 0 Å². The third-order valence-corrected chi connectivity index (χ3v) is 6.93. The predicted molar refractivity (Wildman–Crippen MR) is 100 cm³/mol. The largest absolute Gasteiger partial charge is 0.313 e. The highest BCUT2D eigenvalue weighted by Gasteiger charge is 2.31. The van der Waals surface area contributed by atoms with Crippen LogP contribution in [0.4, 0.5) is 8.78 Å². The van der Waals surface area contributed by atoms with E-state index in [9.17, 15) is 17.2 Å². The quantitative estimate of drug-likeness (QED) is 0.668. The van der Waals surface area contributed by atoms with Gasteiger partial charge in [-0.1, -0.05) is 0 Å². The van der Waals surface area contributed by atoms with Gasteiger partial charge in [-0.15, -0.1) is 0 Å². The number of sulfonamides is 1. The number of aromatic nitrogens is 3. The van der Waals surface area contributed by atoms with Crippen molar-refractivity contribution >= 4 is 21.2 Å². The summed E-state index contributed by atoms with van der Waals surface area (Å²) in [6.45, 7) is 3.10. The van der Waals surface area contributed by atoms with Crippen LogP contribution in [-0.2, 0) is 16.6 Å². The van der Waals surface area contributed by atoms with Gasteiger partial charge in [-0.25, -0.2) is 27.2 Å². The Morgan fingerprint density at radius 3 is 2.71 bits per heavy atom. The van der Waals surface area contributed by atoms with E-state index in [1.54, 1.807) is 6.20 Å². The van der Waals surface area contributed by atoms with E-state index in [0.717, 1.165) is 35.5 Å². The van der Waals surface area contributed by atoms with Gasteiger partial charge in [0.15, 0.2) is 5.65 Å². The Morgan fingerprint density at radius 1 is 1.21 bits per heavy atom. The fraction of sp³-hybridized carbons (Fsp3) is 0.368. The molecule has 6 nitrogen and oxygen atoms in total. The monoisotopic (exact) mass is 406 g/mol. The minimum Gasteiger partial charge on any atom is -0.313 e. The fourth-order valence-electron chi connectivity index (χ4n) is 3.77. The minimum absolute atomic E-state index is 0.0556. The van der Waals surface area contributed by atoms with Gasteiger partial charge < -0.3 is 4.57 Å². The van der Waals surface area contributed by atoms with Crippen molar-refractivity contribution in [1.82, 2.24) is 18.8 Å². The van der Waals surface area contributed by atoms with Gasteiger partial charge in [-0.3, -0.25) is 0 Å². The van der Waals surface area contributed by atoms with Crippen molar-refractivity contribution in [1.29, 1.82) is 0 Å². The lowest BCUT2D eigenvalue weighted by atomic mass is 9.99. The van der Waals surface area contributed by atoms with Crippen LogP contribution in [-0.4, -0.2) is 40.3 Å². The van der Waals surface area contributed by atoms with Gasteiger partial charge in [0.05, 0.1) is 4.90 Å². The number of piperidine rings is 1. The number of nitrogens with zero attached hydrogens (tertiary/aromatic N) is 4. The molecule has 4 rings (SSSR count). The molecular weight excluding hydrogens is 386 g/mol. The third kappa shape index (κ3) is 3.51. The first-order valence-electron chi connectivity index (χ1n) is 9.09. The summed E-state index contributed by atoms with van der Waals surface area (Å²) < 4.78 is 56.1. The molecule has 1 aromatic carbocycles. The number of hydrogen-bond acceptors (Lipinski definition) is 4. The summed E-state index contributed by atoms with van der Waals surface area (Å²) in [5.74, 6) is -0.932. The molecule has 1 fully saturated rings. The number of benzene rings is 1. The van der Waals surface area contributed by atoms with Crippen LogP contribution in [0.15, 0.2) is 41.4 Å². The maximum absolute atomic E-state index is 13.5. The number of imidazole rings is 1. The van der Waals surface area contributed by atoms with Crippen molar-refractivity contribution in [3.8, 4) is 0 Å². The van der Waals surface area contributed by atoms with Gasteiger partial charge in [0.2, 0.25) is 10.0 Å². The molecule has 148 valence electrons. The van der Waals surface area contributed by atoms with Gasteiger partial charge in [-0.05, 0) is 49.9 Å². The van der Waals surface area contributed by atoms with E-state index in [-0.39, 0.29) is 17.4 Å². The van der Waals surface area contributed by atoms with Crippen LogP contribution in [0.5, 0.6) is 0 Å². The van der Waals surface area contributed by atoms with Crippen molar-refractivity contribution in [3.05, 3.63) is 54.0 Å². The average Bonchev–Trinajstić information content (AvgIpc) is 2.97. The van der Waals surface area contributed by atoms with Crippen LogP contribution in [0.2, 0.25) is 0 Å². The first-order valence-corrected chi connectivity index (χ1v) is 10.5. The molecule has 3 heterocycles. The molecule has 0 radical (unpaired) electrons. The highest BCUT2D eigenvalue weighted by atomic mass is 32.2. The molecule has 0 aliphatic carbocycles. The number of pyridine rings is 1. The second-order valence-electron chi connectivity index (χ2n) is 7.09. The average molecular weight is 406 g/mol. The summed E-state index contributed by atoms with van der Waals surface area (Å²) in [4.78, 5) is 8.54. The molecule has 1 atom stereocenters. The molecule has 0 spiro atoms. The number of halogens is 2. The molecule has 0 unspecified atom stereocenters. The molecule has 1 saturated heterocycles. The smallest absolute Gasteiger partial charge is 0.243 e. The second kappa shape index (κ2) is 7.21. The van der Waals surface area contributed by atoms with Crippen LogP contribution in [0.3, 0.4) is 0 Å². The lowest BCUT2D eigenvalue weighted by Crippen LogP contribution is -2.41. The zero-order valence-corrected chi connectivity index (χ0v) is 16.2. The van der Waals surface area contributed by atoms with Gasteiger partial charge in [0, 0.05) is 31.9 Å². The summed E-state index contributed by atoms with van der Waals surface area (Å²) in [6.07, 6.45) is 3.24. The zero-order valence-electron chi connectivity index (χ0n) is 15.3. The topological polar surface area (TPSA) is 68.1 Å². The van der Waals surface area contributed by atoms with Crippen LogP contribution >= 0.6 is 0 Å². The number of aryl methyl sites for hydroxylation is 1. The second-order valence-corrected chi connectivity index (χ2v) is 9.03. The summed E-state index contributed by atoms with van der Waals surface area (Å²) in [5.41, 5.74) is 1.57. The zero-order chi connectivity index (χ0) is 19.9. The van der Waals surface area contributed by atoms with E-state index in [1.165, 1.54) is 4.31 Å². The standard InChI is InChI=1S/C19H20F2N4O2S/c1-13-23-18-5-2-6-22-19(18)25(13)12-14-4-3-7-24(11-14)28(26,27)17-9-15(20)8-16(21)10-17/h2,5-6,8-10,14H,3-4,7,11-12H2,1H3/t14-/m0/s1.